The lowest BCUT2D eigenvalue weighted by Gasteiger charge is -2.24. The SMILES string of the molecule is CCn1c(=O)c2c(nc(NC3CCCCC3)n2Cc2ccc(C(=O)OCCS(C)(C)C)cc2)n(CC)c1=O. The lowest BCUT2D eigenvalue weighted by Crippen LogP contribution is -2.40. The Morgan fingerprint density at radius 3 is 2.26 bits per heavy atom. The van der Waals surface area contributed by atoms with Crippen molar-refractivity contribution >= 4 is 33.1 Å². The molecule has 0 bridgehead atoms. The third-order valence-electron chi connectivity index (χ3n) is 7.14. The molecule has 0 atom stereocenters. The molecule has 2 aromatic heterocycles. The van der Waals surface area contributed by atoms with Gasteiger partial charge in [0.05, 0.1) is 18.7 Å². The molecule has 0 saturated heterocycles. The van der Waals surface area contributed by atoms with E-state index in [1.165, 1.54) is 11.0 Å². The first-order valence-electron chi connectivity index (χ1n) is 13.6. The number of nitrogens with one attached hydrogen (secondary N) is 1. The van der Waals surface area contributed by atoms with Crippen molar-refractivity contribution in [1.29, 1.82) is 0 Å². The highest BCUT2D eigenvalue weighted by atomic mass is 32.3. The van der Waals surface area contributed by atoms with Gasteiger partial charge in [-0.25, -0.2) is 19.6 Å². The summed E-state index contributed by atoms with van der Waals surface area (Å²) in [4.78, 5) is 43.8. The van der Waals surface area contributed by atoms with Crippen molar-refractivity contribution in [1.82, 2.24) is 18.7 Å². The summed E-state index contributed by atoms with van der Waals surface area (Å²) in [7, 11) is -0.728. The fraction of sp³-hybridized carbons (Fsp3) is 0.571. The number of imidazole rings is 1. The molecule has 0 aliphatic heterocycles. The van der Waals surface area contributed by atoms with E-state index in [-0.39, 0.29) is 29.8 Å². The van der Waals surface area contributed by atoms with Crippen LogP contribution in [-0.4, -0.2) is 61.8 Å². The number of esters is 1. The van der Waals surface area contributed by atoms with Crippen LogP contribution in [-0.2, 0) is 24.4 Å². The molecule has 2 heterocycles. The summed E-state index contributed by atoms with van der Waals surface area (Å²) in [5, 5.41) is 3.58. The molecule has 1 N–H and O–H groups in total. The van der Waals surface area contributed by atoms with Crippen molar-refractivity contribution in [2.45, 2.75) is 71.6 Å². The summed E-state index contributed by atoms with van der Waals surface area (Å²) in [5.74, 6) is 1.15. The molecule has 0 radical (unpaired) electrons. The number of ether oxygens (including phenoxy) is 1. The summed E-state index contributed by atoms with van der Waals surface area (Å²) < 4.78 is 10.2. The third-order valence-corrected chi connectivity index (χ3v) is 8.54. The third kappa shape index (κ3) is 6.17. The van der Waals surface area contributed by atoms with Crippen molar-refractivity contribution in [3.05, 3.63) is 56.2 Å². The van der Waals surface area contributed by atoms with E-state index in [1.54, 1.807) is 23.6 Å². The van der Waals surface area contributed by atoms with Crippen LogP contribution in [0.2, 0.25) is 0 Å². The summed E-state index contributed by atoms with van der Waals surface area (Å²) in [6.45, 7) is 5.20. The van der Waals surface area contributed by atoms with E-state index in [4.69, 9.17) is 9.72 Å². The van der Waals surface area contributed by atoms with Crippen LogP contribution in [0.4, 0.5) is 5.95 Å². The Balaban J connectivity index is 1.68. The van der Waals surface area contributed by atoms with Gasteiger partial charge < -0.3 is 10.1 Å². The van der Waals surface area contributed by atoms with Gasteiger partial charge in [0.2, 0.25) is 5.95 Å². The number of hydrogen-bond acceptors (Lipinski definition) is 6. The van der Waals surface area contributed by atoms with Crippen LogP contribution in [0.3, 0.4) is 0 Å². The maximum Gasteiger partial charge on any atom is 0.338 e. The Kier molecular flexibility index (Phi) is 8.70. The number of hydrogen-bond donors (Lipinski definition) is 1. The molecule has 38 heavy (non-hydrogen) atoms. The predicted molar refractivity (Wildman–Crippen MR) is 156 cm³/mol. The van der Waals surface area contributed by atoms with Crippen LogP contribution in [0.25, 0.3) is 11.2 Å². The minimum Gasteiger partial charge on any atom is -0.461 e. The Morgan fingerprint density at radius 1 is 1.00 bits per heavy atom. The van der Waals surface area contributed by atoms with Gasteiger partial charge in [0.25, 0.3) is 5.56 Å². The van der Waals surface area contributed by atoms with E-state index in [9.17, 15) is 14.4 Å². The van der Waals surface area contributed by atoms with Crippen LogP contribution in [0, 0.1) is 0 Å². The van der Waals surface area contributed by atoms with Gasteiger partial charge >= 0.3 is 11.7 Å². The number of carbonyl (C=O) groups is 1. The zero-order valence-corrected chi connectivity index (χ0v) is 24.1. The van der Waals surface area contributed by atoms with Gasteiger partial charge in [-0.15, -0.1) is 0 Å². The number of anilines is 1. The van der Waals surface area contributed by atoms with Gasteiger partial charge in [-0.1, -0.05) is 31.4 Å². The largest absolute Gasteiger partial charge is 0.461 e. The first-order chi connectivity index (χ1) is 18.1. The fourth-order valence-electron chi connectivity index (χ4n) is 4.94. The second-order valence-electron chi connectivity index (χ2n) is 10.9. The van der Waals surface area contributed by atoms with Gasteiger partial charge in [0, 0.05) is 24.9 Å². The van der Waals surface area contributed by atoms with Crippen molar-refractivity contribution in [2.75, 3.05) is 36.4 Å². The second kappa shape index (κ2) is 11.8. The zero-order chi connectivity index (χ0) is 27.4. The standard InChI is InChI=1S/C28H41N5O4S/c1-6-31-24-23(25(34)32(7-2)28(31)36)33(27(30-24)29-22-11-9-8-10-12-22)19-20-13-15-21(16-14-20)26(35)37-17-18-38(3,4)5/h13-16,22H,6-12,17-19H2,1-5H3,(H,29,30). The topological polar surface area (TPSA) is 100 Å². The molecule has 1 aliphatic rings. The van der Waals surface area contributed by atoms with E-state index in [2.05, 4.69) is 24.1 Å². The molecule has 3 aromatic rings. The second-order valence-corrected chi connectivity index (χ2v) is 15.5. The molecule has 1 aliphatic carbocycles. The normalized spacial score (nSPS) is 15.1. The van der Waals surface area contributed by atoms with E-state index >= 15 is 0 Å². The van der Waals surface area contributed by atoms with E-state index in [0.717, 1.165) is 37.0 Å². The number of benzene rings is 1. The summed E-state index contributed by atoms with van der Waals surface area (Å²) in [5.41, 5.74) is 1.58. The lowest BCUT2D eigenvalue weighted by molar-refractivity contribution is 0.0530. The van der Waals surface area contributed by atoms with Crippen LogP contribution < -0.4 is 16.6 Å². The lowest BCUT2D eigenvalue weighted by atomic mass is 9.96. The van der Waals surface area contributed by atoms with Crippen LogP contribution >= 0.6 is 10.0 Å². The zero-order valence-electron chi connectivity index (χ0n) is 23.3. The van der Waals surface area contributed by atoms with Gasteiger partial charge in [0.15, 0.2) is 11.2 Å². The molecule has 0 spiro atoms. The monoisotopic (exact) mass is 543 g/mol. The number of aromatic nitrogens is 4. The first-order valence-corrected chi connectivity index (χ1v) is 16.6. The Hall–Kier alpha value is -3.01. The Morgan fingerprint density at radius 2 is 1.66 bits per heavy atom. The number of nitrogens with zero attached hydrogens (tertiary/aromatic N) is 4. The average Bonchev–Trinajstić information content (AvgIpc) is 3.22. The molecular weight excluding hydrogens is 502 g/mol. The fourth-order valence-corrected chi connectivity index (χ4v) is 5.53. The summed E-state index contributed by atoms with van der Waals surface area (Å²) >= 11 is 0. The highest BCUT2D eigenvalue weighted by Gasteiger charge is 2.23. The van der Waals surface area contributed by atoms with Crippen molar-refractivity contribution in [3.8, 4) is 0 Å². The summed E-state index contributed by atoms with van der Waals surface area (Å²) in [6.07, 6.45) is 12.2. The van der Waals surface area contributed by atoms with Crippen molar-refractivity contribution in [2.24, 2.45) is 0 Å². The van der Waals surface area contributed by atoms with Crippen molar-refractivity contribution in [3.63, 3.8) is 0 Å². The quantitative estimate of drug-likeness (QED) is 0.388. The minimum atomic E-state index is -0.728. The van der Waals surface area contributed by atoms with Gasteiger partial charge in [0.1, 0.15) is 0 Å². The average molecular weight is 544 g/mol. The maximum absolute atomic E-state index is 13.5. The van der Waals surface area contributed by atoms with Gasteiger partial charge in [-0.3, -0.25) is 18.5 Å². The number of rotatable bonds is 10. The molecule has 0 amide bonds. The number of fused-ring (bicyclic) bond motifs is 1. The van der Waals surface area contributed by atoms with Gasteiger partial charge in [-0.2, -0.15) is 4.98 Å². The molecule has 9 nitrogen and oxygen atoms in total. The highest BCUT2D eigenvalue weighted by Crippen LogP contribution is 2.33. The van der Waals surface area contributed by atoms with Crippen LogP contribution in [0.1, 0.15) is 61.9 Å². The summed E-state index contributed by atoms with van der Waals surface area (Å²) in [6, 6.07) is 7.58. The first kappa shape index (κ1) is 28.0. The minimum absolute atomic E-state index is 0.279. The molecule has 208 valence electrons. The molecule has 4 rings (SSSR count). The maximum atomic E-state index is 13.5. The predicted octanol–water partition coefficient (Wildman–Crippen LogP) is 4.04. The molecular formula is C28H41N5O4S. The molecule has 1 aromatic carbocycles. The Labute approximate surface area is 225 Å². The van der Waals surface area contributed by atoms with E-state index in [0.29, 0.717) is 42.4 Å². The van der Waals surface area contributed by atoms with Gasteiger partial charge in [-0.05, 0) is 63.2 Å². The number of aryl methyl sites for hydroxylation is 1. The smallest absolute Gasteiger partial charge is 0.338 e. The molecule has 0 unspecified atom stereocenters. The van der Waals surface area contributed by atoms with E-state index < -0.39 is 10.0 Å². The molecule has 10 heteroatoms. The van der Waals surface area contributed by atoms with Crippen molar-refractivity contribution < 1.29 is 9.53 Å². The Bertz CT molecular complexity index is 1390. The van der Waals surface area contributed by atoms with E-state index in [1.807, 2.05) is 23.6 Å². The van der Waals surface area contributed by atoms with Crippen LogP contribution in [0.5, 0.6) is 0 Å². The highest BCUT2D eigenvalue weighted by molar-refractivity contribution is 8.32. The number of carbonyl (C=O) groups excluding carboxylic acids is 1. The molecule has 1 fully saturated rings. The van der Waals surface area contributed by atoms with Crippen LogP contribution in [0.15, 0.2) is 33.9 Å². The molecule has 1 saturated carbocycles.